The van der Waals surface area contributed by atoms with E-state index in [-0.39, 0.29) is 5.91 Å². The molecule has 0 radical (unpaired) electrons. The Kier molecular flexibility index (Phi) is 2.77. The van der Waals surface area contributed by atoms with Gasteiger partial charge in [0, 0.05) is 15.1 Å². The number of nitrogens with zero attached hydrogens (tertiary/aromatic N) is 1. The molecule has 1 amide bonds. The van der Waals surface area contributed by atoms with E-state index in [0.717, 1.165) is 10.4 Å². The summed E-state index contributed by atoms with van der Waals surface area (Å²) >= 11 is 1.68. The van der Waals surface area contributed by atoms with Crippen LogP contribution in [0.4, 0.5) is 11.5 Å². The summed E-state index contributed by atoms with van der Waals surface area (Å²) in [5.74, 6) is 0.439. The number of rotatable bonds is 1. The molecular formula is C17H13N3OS. The maximum absolute atomic E-state index is 12.2. The van der Waals surface area contributed by atoms with Crippen molar-refractivity contribution in [1.82, 2.24) is 4.98 Å². The number of aryl methyl sites for hydroxylation is 1. The molecular weight excluding hydrogens is 294 g/mol. The van der Waals surface area contributed by atoms with Crippen LogP contribution in [0.1, 0.15) is 16.0 Å². The second-order valence-electron chi connectivity index (χ2n) is 5.26. The molecule has 0 saturated heterocycles. The Balaban J connectivity index is 1.91. The lowest BCUT2D eigenvalue weighted by molar-refractivity contribution is -0.110. The van der Waals surface area contributed by atoms with E-state index in [1.165, 1.54) is 15.6 Å². The van der Waals surface area contributed by atoms with Crippen molar-refractivity contribution in [3.63, 3.8) is 0 Å². The maximum Gasteiger partial charge on any atom is 0.257 e. The molecule has 0 bridgehead atoms. The van der Waals surface area contributed by atoms with Gasteiger partial charge < -0.3 is 11.1 Å². The second-order valence-corrected chi connectivity index (χ2v) is 6.35. The predicted molar refractivity (Wildman–Crippen MR) is 91.7 cm³/mol. The van der Waals surface area contributed by atoms with Crippen LogP contribution in [-0.4, -0.2) is 10.9 Å². The van der Waals surface area contributed by atoms with Crippen molar-refractivity contribution in [2.75, 3.05) is 11.1 Å². The van der Waals surface area contributed by atoms with Crippen LogP contribution in [0.2, 0.25) is 0 Å². The highest BCUT2D eigenvalue weighted by atomic mass is 32.1. The Morgan fingerprint density at radius 3 is 2.95 bits per heavy atom. The molecule has 3 heterocycles. The number of hydrogen-bond donors (Lipinski definition) is 2. The highest BCUT2D eigenvalue weighted by Crippen LogP contribution is 2.37. The average Bonchev–Trinajstić information content (AvgIpc) is 2.99. The lowest BCUT2D eigenvalue weighted by Gasteiger charge is -1.99. The van der Waals surface area contributed by atoms with E-state index in [1.54, 1.807) is 23.6 Å². The fourth-order valence-corrected chi connectivity index (χ4v) is 3.84. The molecule has 22 heavy (non-hydrogen) atoms. The summed E-state index contributed by atoms with van der Waals surface area (Å²) < 4.78 is 1.22. The van der Waals surface area contributed by atoms with Crippen LogP contribution in [-0.2, 0) is 4.79 Å². The Bertz CT molecular complexity index is 956. The molecule has 1 aliphatic heterocycles. The first-order valence-electron chi connectivity index (χ1n) is 6.90. The van der Waals surface area contributed by atoms with Gasteiger partial charge in [-0.1, -0.05) is 18.2 Å². The summed E-state index contributed by atoms with van der Waals surface area (Å²) in [5.41, 5.74) is 8.91. The fraction of sp³-hybridized carbons (Fsp3) is 0.0588. The molecule has 0 saturated carbocycles. The van der Waals surface area contributed by atoms with Gasteiger partial charge >= 0.3 is 0 Å². The number of carbonyl (C=O) groups excluding carboxylic acids is 1. The van der Waals surface area contributed by atoms with E-state index < -0.39 is 0 Å². The zero-order valence-corrected chi connectivity index (χ0v) is 12.7. The number of nitrogen functional groups attached to an aromatic ring is 1. The van der Waals surface area contributed by atoms with Gasteiger partial charge in [0.05, 0.1) is 17.5 Å². The number of pyridine rings is 1. The van der Waals surface area contributed by atoms with Gasteiger partial charge in [0.15, 0.2) is 0 Å². The van der Waals surface area contributed by atoms with E-state index >= 15 is 0 Å². The summed E-state index contributed by atoms with van der Waals surface area (Å²) in [4.78, 5) is 17.5. The molecule has 3 aromatic rings. The number of aromatic nitrogens is 1. The highest BCUT2D eigenvalue weighted by molar-refractivity contribution is 7.20. The van der Waals surface area contributed by atoms with Crippen LogP contribution in [0.25, 0.3) is 21.7 Å². The quantitative estimate of drug-likeness (QED) is 0.674. The molecule has 0 fully saturated rings. The van der Waals surface area contributed by atoms with Crippen LogP contribution >= 0.6 is 11.3 Å². The van der Waals surface area contributed by atoms with E-state index in [2.05, 4.69) is 29.4 Å². The van der Waals surface area contributed by atoms with Crippen molar-refractivity contribution in [2.45, 2.75) is 6.92 Å². The molecule has 108 valence electrons. The van der Waals surface area contributed by atoms with Crippen LogP contribution < -0.4 is 11.1 Å². The largest absolute Gasteiger partial charge is 0.397 e. The molecule has 0 aliphatic carbocycles. The summed E-state index contributed by atoms with van der Waals surface area (Å²) in [6, 6.07) is 10.0. The SMILES string of the molecule is Cc1c(C=C2C(=O)Nc3ncc(N)cc32)sc2ccccc12. The minimum atomic E-state index is -0.134. The minimum Gasteiger partial charge on any atom is -0.397 e. The number of nitrogens with two attached hydrogens (primary N) is 1. The van der Waals surface area contributed by atoms with Crippen LogP contribution in [0.3, 0.4) is 0 Å². The van der Waals surface area contributed by atoms with E-state index in [9.17, 15) is 4.79 Å². The molecule has 0 spiro atoms. The van der Waals surface area contributed by atoms with Gasteiger partial charge in [-0.05, 0) is 36.1 Å². The highest BCUT2D eigenvalue weighted by Gasteiger charge is 2.26. The van der Waals surface area contributed by atoms with Crippen molar-refractivity contribution in [2.24, 2.45) is 0 Å². The Labute approximate surface area is 131 Å². The van der Waals surface area contributed by atoms with Gasteiger partial charge in [0.2, 0.25) is 0 Å². The third-order valence-electron chi connectivity index (χ3n) is 3.83. The van der Waals surface area contributed by atoms with Gasteiger partial charge in [-0.25, -0.2) is 4.98 Å². The molecule has 2 aromatic heterocycles. The summed E-state index contributed by atoms with van der Waals surface area (Å²) in [5, 5.41) is 4.00. The lowest BCUT2D eigenvalue weighted by atomic mass is 10.1. The number of hydrogen-bond acceptors (Lipinski definition) is 4. The predicted octanol–water partition coefficient (Wildman–Crippen LogP) is 3.68. The van der Waals surface area contributed by atoms with Crippen LogP contribution in [0, 0.1) is 6.92 Å². The summed E-state index contributed by atoms with van der Waals surface area (Å²) in [7, 11) is 0. The number of nitrogens with one attached hydrogen (secondary N) is 1. The van der Waals surface area contributed by atoms with Crippen molar-refractivity contribution in [3.8, 4) is 0 Å². The van der Waals surface area contributed by atoms with Gasteiger partial charge in [0.25, 0.3) is 5.91 Å². The molecule has 4 rings (SSSR count). The third-order valence-corrected chi connectivity index (χ3v) is 5.05. The minimum absolute atomic E-state index is 0.134. The Morgan fingerprint density at radius 2 is 2.14 bits per heavy atom. The van der Waals surface area contributed by atoms with Crippen LogP contribution in [0.5, 0.6) is 0 Å². The average molecular weight is 307 g/mol. The molecule has 1 aliphatic rings. The smallest absolute Gasteiger partial charge is 0.257 e. The second kappa shape index (κ2) is 4.68. The summed E-state index contributed by atoms with van der Waals surface area (Å²) in [6.07, 6.45) is 3.48. The van der Waals surface area contributed by atoms with E-state index in [4.69, 9.17) is 5.73 Å². The summed E-state index contributed by atoms with van der Waals surface area (Å²) in [6.45, 7) is 2.08. The number of anilines is 2. The third kappa shape index (κ3) is 1.90. The zero-order valence-electron chi connectivity index (χ0n) is 11.9. The van der Waals surface area contributed by atoms with Crippen molar-refractivity contribution < 1.29 is 4.79 Å². The number of benzene rings is 1. The van der Waals surface area contributed by atoms with E-state index in [0.29, 0.717) is 17.1 Å². The topological polar surface area (TPSA) is 68.0 Å². The molecule has 0 unspecified atom stereocenters. The molecule has 1 aromatic carbocycles. The normalized spacial score (nSPS) is 15.3. The first-order valence-corrected chi connectivity index (χ1v) is 7.72. The first-order chi connectivity index (χ1) is 10.6. The molecule has 3 N–H and O–H groups in total. The number of amides is 1. The number of thiophene rings is 1. The Morgan fingerprint density at radius 1 is 1.32 bits per heavy atom. The van der Waals surface area contributed by atoms with Gasteiger partial charge in [-0.3, -0.25) is 4.79 Å². The van der Waals surface area contributed by atoms with Gasteiger partial charge in [-0.2, -0.15) is 0 Å². The standard InChI is InChI=1S/C17H13N3OS/c1-9-11-4-2-3-5-14(11)22-15(9)7-13-12-6-10(18)8-19-16(12)20-17(13)21/h2-8H,18H2,1H3,(H,19,20,21). The van der Waals surface area contributed by atoms with Gasteiger partial charge in [0.1, 0.15) is 5.82 Å². The zero-order chi connectivity index (χ0) is 15.3. The monoisotopic (exact) mass is 307 g/mol. The maximum atomic E-state index is 12.2. The van der Waals surface area contributed by atoms with E-state index in [1.807, 2.05) is 18.2 Å². The first kappa shape index (κ1) is 13.0. The molecule has 4 nitrogen and oxygen atoms in total. The lowest BCUT2D eigenvalue weighted by Crippen LogP contribution is -2.04. The molecule has 5 heteroatoms. The van der Waals surface area contributed by atoms with Crippen molar-refractivity contribution in [1.29, 1.82) is 0 Å². The Hall–Kier alpha value is -2.66. The van der Waals surface area contributed by atoms with Crippen LogP contribution in [0.15, 0.2) is 36.5 Å². The fourth-order valence-electron chi connectivity index (χ4n) is 2.69. The van der Waals surface area contributed by atoms with Crippen molar-refractivity contribution >= 4 is 50.5 Å². The number of carbonyl (C=O) groups is 1. The molecule has 0 atom stereocenters. The number of fused-ring (bicyclic) bond motifs is 2. The van der Waals surface area contributed by atoms with Gasteiger partial charge in [-0.15, -0.1) is 11.3 Å². The van der Waals surface area contributed by atoms with Crippen molar-refractivity contribution in [3.05, 3.63) is 52.5 Å².